The standard InChI is InChI=1S/C26H26N4O3/c1-17-14-21-16-23(28-25(31)19-9-11-20(12-10-19)26(2,3)32)27-24(30(21)29-17)13-8-18-6-5-7-22(15-18)33-4/h5-16,32H,1-4H3,(H,28,31). The predicted octanol–water partition coefficient (Wildman–Crippen LogP) is 4.70. The molecule has 1 amide bonds. The van der Waals surface area contributed by atoms with E-state index in [1.54, 1.807) is 55.8 Å². The molecule has 2 aromatic carbocycles. The number of ether oxygens (including phenoxy) is 1. The second-order valence-corrected chi connectivity index (χ2v) is 8.32. The lowest BCUT2D eigenvalue weighted by atomic mass is 9.97. The average Bonchev–Trinajstić information content (AvgIpc) is 3.17. The molecule has 0 bridgehead atoms. The molecule has 2 aromatic heterocycles. The lowest BCUT2D eigenvalue weighted by Crippen LogP contribution is -2.17. The molecule has 0 aliphatic heterocycles. The van der Waals surface area contributed by atoms with Crippen molar-refractivity contribution in [2.45, 2.75) is 26.4 Å². The highest BCUT2D eigenvalue weighted by Gasteiger charge is 2.17. The number of amides is 1. The van der Waals surface area contributed by atoms with Gasteiger partial charge in [-0.05, 0) is 68.3 Å². The van der Waals surface area contributed by atoms with E-state index in [2.05, 4.69) is 15.4 Å². The van der Waals surface area contributed by atoms with E-state index in [1.807, 2.05) is 49.4 Å². The quantitative estimate of drug-likeness (QED) is 0.452. The lowest BCUT2D eigenvalue weighted by molar-refractivity contribution is 0.0785. The van der Waals surface area contributed by atoms with Gasteiger partial charge in [-0.2, -0.15) is 5.10 Å². The maximum atomic E-state index is 12.8. The highest BCUT2D eigenvalue weighted by Crippen LogP contribution is 2.21. The van der Waals surface area contributed by atoms with Crippen molar-refractivity contribution in [2.75, 3.05) is 12.4 Å². The molecule has 0 fully saturated rings. The Morgan fingerprint density at radius 2 is 1.85 bits per heavy atom. The van der Waals surface area contributed by atoms with Gasteiger partial charge in [0, 0.05) is 11.6 Å². The van der Waals surface area contributed by atoms with E-state index in [-0.39, 0.29) is 5.91 Å². The molecule has 33 heavy (non-hydrogen) atoms. The fraction of sp³-hybridized carbons (Fsp3) is 0.192. The predicted molar refractivity (Wildman–Crippen MR) is 129 cm³/mol. The third-order valence-electron chi connectivity index (χ3n) is 5.21. The Morgan fingerprint density at radius 1 is 1.09 bits per heavy atom. The summed E-state index contributed by atoms with van der Waals surface area (Å²) in [6.07, 6.45) is 3.77. The van der Waals surface area contributed by atoms with Gasteiger partial charge in [-0.1, -0.05) is 30.3 Å². The van der Waals surface area contributed by atoms with Gasteiger partial charge in [0.05, 0.1) is 23.9 Å². The molecule has 4 rings (SSSR count). The van der Waals surface area contributed by atoms with Crippen LogP contribution in [0.1, 0.15) is 46.9 Å². The van der Waals surface area contributed by atoms with Crippen LogP contribution in [0.25, 0.3) is 17.7 Å². The van der Waals surface area contributed by atoms with Crippen LogP contribution >= 0.6 is 0 Å². The number of methoxy groups -OCH3 is 1. The van der Waals surface area contributed by atoms with Crippen molar-refractivity contribution >= 4 is 29.4 Å². The van der Waals surface area contributed by atoms with Gasteiger partial charge in [-0.15, -0.1) is 0 Å². The Morgan fingerprint density at radius 3 is 2.55 bits per heavy atom. The SMILES string of the molecule is COc1cccc(C=Cc2nc(NC(=O)c3ccc(C(C)(C)O)cc3)cc3cc(C)nn23)c1. The van der Waals surface area contributed by atoms with Crippen LogP contribution in [0.3, 0.4) is 0 Å². The summed E-state index contributed by atoms with van der Waals surface area (Å²) in [7, 11) is 1.63. The number of rotatable bonds is 6. The Hall–Kier alpha value is -3.97. The molecule has 0 aliphatic carbocycles. The van der Waals surface area contributed by atoms with Gasteiger partial charge in [0.2, 0.25) is 0 Å². The summed E-state index contributed by atoms with van der Waals surface area (Å²) < 4.78 is 7.02. The van der Waals surface area contributed by atoms with E-state index < -0.39 is 5.60 Å². The minimum atomic E-state index is -0.967. The van der Waals surface area contributed by atoms with E-state index in [1.165, 1.54) is 0 Å². The Kier molecular flexibility index (Phi) is 5.98. The van der Waals surface area contributed by atoms with Gasteiger partial charge < -0.3 is 15.2 Å². The number of anilines is 1. The number of carbonyl (C=O) groups excluding carboxylic acids is 1. The van der Waals surface area contributed by atoms with Crippen LogP contribution in [0.2, 0.25) is 0 Å². The van der Waals surface area contributed by atoms with E-state index in [9.17, 15) is 9.90 Å². The number of fused-ring (bicyclic) bond motifs is 1. The van der Waals surface area contributed by atoms with Crippen LogP contribution < -0.4 is 10.1 Å². The van der Waals surface area contributed by atoms with Crippen LogP contribution in [-0.2, 0) is 5.60 Å². The largest absolute Gasteiger partial charge is 0.497 e. The summed E-state index contributed by atoms with van der Waals surface area (Å²) in [6, 6.07) is 18.3. The fourth-order valence-electron chi connectivity index (χ4n) is 3.45. The van der Waals surface area contributed by atoms with Gasteiger partial charge in [0.1, 0.15) is 11.6 Å². The number of nitrogens with zero attached hydrogens (tertiary/aromatic N) is 3. The van der Waals surface area contributed by atoms with Crippen molar-refractivity contribution in [1.29, 1.82) is 0 Å². The molecule has 0 spiro atoms. The third-order valence-corrected chi connectivity index (χ3v) is 5.21. The Balaban J connectivity index is 1.63. The number of nitrogens with one attached hydrogen (secondary N) is 1. The smallest absolute Gasteiger partial charge is 0.256 e. The van der Waals surface area contributed by atoms with Gasteiger partial charge >= 0.3 is 0 Å². The van der Waals surface area contributed by atoms with Crippen LogP contribution in [-0.4, -0.2) is 32.7 Å². The maximum absolute atomic E-state index is 12.8. The zero-order chi connectivity index (χ0) is 23.6. The highest BCUT2D eigenvalue weighted by molar-refractivity contribution is 6.04. The second-order valence-electron chi connectivity index (χ2n) is 8.32. The molecule has 0 saturated carbocycles. The number of aryl methyl sites for hydroxylation is 1. The number of aromatic nitrogens is 3. The van der Waals surface area contributed by atoms with Gasteiger partial charge in [0.25, 0.3) is 5.91 Å². The van der Waals surface area contributed by atoms with Crippen molar-refractivity contribution in [2.24, 2.45) is 0 Å². The van der Waals surface area contributed by atoms with E-state index in [0.29, 0.717) is 17.2 Å². The molecule has 0 radical (unpaired) electrons. The van der Waals surface area contributed by atoms with Crippen molar-refractivity contribution < 1.29 is 14.6 Å². The molecule has 0 atom stereocenters. The first-order valence-electron chi connectivity index (χ1n) is 10.6. The molecule has 2 N–H and O–H groups in total. The van der Waals surface area contributed by atoms with E-state index in [0.717, 1.165) is 28.1 Å². The molecule has 4 aromatic rings. The third kappa shape index (κ3) is 5.10. The normalized spacial score (nSPS) is 11.8. The van der Waals surface area contributed by atoms with Crippen LogP contribution in [0.4, 0.5) is 5.82 Å². The van der Waals surface area contributed by atoms with Crippen LogP contribution in [0, 0.1) is 6.92 Å². The second kappa shape index (κ2) is 8.88. The first-order chi connectivity index (χ1) is 15.7. The molecule has 0 unspecified atom stereocenters. The summed E-state index contributed by atoms with van der Waals surface area (Å²) in [5.74, 6) is 1.48. The summed E-state index contributed by atoms with van der Waals surface area (Å²) in [5.41, 5.74) is 2.86. The van der Waals surface area contributed by atoms with Gasteiger partial charge in [0.15, 0.2) is 5.82 Å². The molecule has 2 heterocycles. The molecular formula is C26H26N4O3. The average molecular weight is 443 g/mol. The fourth-order valence-corrected chi connectivity index (χ4v) is 3.45. The number of hydrogen-bond donors (Lipinski definition) is 2. The molecule has 168 valence electrons. The number of aliphatic hydroxyl groups is 1. The number of carbonyl (C=O) groups is 1. The first kappa shape index (κ1) is 22.2. The van der Waals surface area contributed by atoms with Crippen molar-refractivity contribution in [1.82, 2.24) is 14.6 Å². The number of hydrogen-bond acceptors (Lipinski definition) is 5. The zero-order valence-electron chi connectivity index (χ0n) is 19.0. The van der Waals surface area contributed by atoms with E-state index >= 15 is 0 Å². The summed E-state index contributed by atoms with van der Waals surface area (Å²) in [5, 5.41) is 17.5. The number of benzene rings is 2. The topological polar surface area (TPSA) is 88.8 Å². The first-order valence-corrected chi connectivity index (χ1v) is 10.6. The Bertz CT molecular complexity index is 1330. The van der Waals surface area contributed by atoms with Crippen LogP contribution in [0.5, 0.6) is 5.75 Å². The highest BCUT2D eigenvalue weighted by atomic mass is 16.5. The lowest BCUT2D eigenvalue weighted by Gasteiger charge is -2.17. The van der Waals surface area contributed by atoms with Gasteiger partial charge in [-0.3, -0.25) is 4.79 Å². The molecule has 0 saturated heterocycles. The maximum Gasteiger partial charge on any atom is 0.256 e. The Labute approximate surface area is 192 Å². The zero-order valence-corrected chi connectivity index (χ0v) is 19.0. The summed E-state index contributed by atoms with van der Waals surface area (Å²) in [6.45, 7) is 5.32. The van der Waals surface area contributed by atoms with E-state index in [4.69, 9.17) is 4.74 Å². The monoisotopic (exact) mass is 442 g/mol. The molecule has 7 nitrogen and oxygen atoms in total. The summed E-state index contributed by atoms with van der Waals surface area (Å²) >= 11 is 0. The van der Waals surface area contributed by atoms with Gasteiger partial charge in [-0.25, -0.2) is 9.50 Å². The molecular weight excluding hydrogens is 416 g/mol. The summed E-state index contributed by atoms with van der Waals surface area (Å²) in [4.78, 5) is 17.4. The van der Waals surface area contributed by atoms with Crippen molar-refractivity contribution in [3.63, 3.8) is 0 Å². The van der Waals surface area contributed by atoms with Crippen molar-refractivity contribution in [3.05, 3.63) is 88.9 Å². The molecule has 0 aliphatic rings. The molecule has 7 heteroatoms. The van der Waals surface area contributed by atoms with Crippen molar-refractivity contribution in [3.8, 4) is 5.75 Å². The minimum absolute atomic E-state index is 0.284. The minimum Gasteiger partial charge on any atom is -0.497 e. The van der Waals surface area contributed by atoms with Crippen LogP contribution in [0.15, 0.2) is 60.7 Å².